The molecule has 0 N–H and O–H groups in total. The van der Waals surface area contributed by atoms with Crippen molar-refractivity contribution >= 4 is 27.5 Å². The molecular weight excluding hydrogens is 307 g/mol. The van der Waals surface area contributed by atoms with Crippen molar-refractivity contribution in [3.8, 4) is 17.6 Å². The lowest BCUT2D eigenvalue weighted by molar-refractivity contribution is 0.366. The number of aromatic nitrogens is 2. The van der Waals surface area contributed by atoms with Gasteiger partial charge in [-0.05, 0) is 28.1 Å². The fraction of sp³-hybridized carbons (Fsp3) is 0.0909. The number of hydrogen-bond acceptors (Lipinski definition) is 4. The van der Waals surface area contributed by atoms with E-state index in [4.69, 9.17) is 21.1 Å². The van der Waals surface area contributed by atoms with E-state index in [1.165, 1.54) is 13.3 Å². The van der Waals surface area contributed by atoms with E-state index in [0.717, 1.165) is 4.47 Å². The molecule has 0 unspecified atom stereocenters. The number of para-hydroxylation sites is 1. The van der Waals surface area contributed by atoms with Crippen LogP contribution >= 0.6 is 27.5 Å². The normalized spacial score (nSPS) is 10.1. The number of rotatable bonds is 3. The Morgan fingerprint density at radius 1 is 1.29 bits per heavy atom. The highest BCUT2D eigenvalue weighted by Crippen LogP contribution is 2.32. The van der Waals surface area contributed by atoms with Gasteiger partial charge in [-0.2, -0.15) is 4.98 Å². The van der Waals surface area contributed by atoms with Gasteiger partial charge in [0.05, 0.1) is 17.8 Å². The molecular formula is C11H8BrClN2O2. The summed E-state index contributed by atoms with van der Waals surface area (Å²) >= 11 is 9.31. The molecule has 17 heavy (non-hydrogen) atoms. The van der Waals surface area contributed by atoms with Gasteiger partial charge < -0.3 is 9.47 Å². The lowest BCUT2D eigenvalue weighted by Gasteiger charge is -2.08. The monoisotopic (exact) mass is 314 g/mol. The Labute approximate surface area is 112 Å². The SMILES string of the molecule is COc1ncc(Cl)c(Oc2ccccc2Br)n1. The van der Waals surface area contributed by atoms with E-state index in [1.54, 1.807) is 6.07 Å². The van der Waals surface area contributed by atoms with Crippen molar-refractivity contribution < 1.29 is 9.47 Å². The number of ether oxygens (including phenoxy) is 2. The largest absolute Gasteiger partial charge is 0.467 e. The zero-order valence-corrected chi connectivity index (χ0v) is 11.2. The molecule has 0 fully saturated rings. The minimum Gasteiger partial charge on any atom is -0.467 e. The van der Waals surface area contributed by atoms with Gasteiger partial charge >= 0.3 is 6.01 Å². The molecule has 2 rings (SSSR count). The summed E-state index contributed by atoms with van der Waals surface area (Å²) in [5.41, 5.74) is 0. The number of benzene rings is 1. The second-order valence-corrected chi connectivity index (χ2v) is 4.30. The zero-order valence-electron chi connectivity index (χ0n) is 8.85. The quantitative estimate of drug-likeness (QED) is 0.866. The fourth-order valence-electron chi connectivity index (χ4n) is 1.14. The van der Waals surface area contributed by atoms with Crippen LogP contribution in [0, 0.1) is 0 Å². The average Bonchev–Trinajstić information content (AvgIpc) is 2.35. The first-order valence-electron chi connectivity index (χ1n) is 4.69. The van der Waals surface area contributed by atoms with E-state index in [-0.39, 0.29) is 11.9 Å². The standard InChI is InChI=1S/C11H8BrClN2O2/c1-16-11-14-6-8(13)10(15-11)17-9-5-3-2-4-7(9)12/h2-6H,1H3. The Kier molecular flexibility index (Phi) is 3.81. The second-order valence-electron chi connectivity index (χ2n) is 3.04. The minimum absolute atomic E-state index is 0.205. The summed E-state index contributed by atoms with van der Waals surface area (Å²) in [6.07, 6.45) is 1.43. The summed E-state index contributed by atoms with van der Waals surface area (Å²) in [6.45, 7) is 0. The van der Waals surface area contributed by atoms with Crippen molar-refractivity contribution in [3.05, 3.63) is 40.0 Å². The molecule has 0 aliphatic heterocycles. The van der Waals surface area contributed by atoms with Gasteiger partial charge in [-0.3, -0.25) is 0 Å². The number of nitrogens with zero attached hydrogens (tertiary/aromatic N) is 2. The molecule has 1 aromatic heterocycles. The zero-order chi connectivity index (χ0) is 12.3. The van der Waals surface area contributed by atoms with Crippen LogP contribution in [0.4, 0.5) is 0 Å². The van der Waals surface area contributed by atoms with E-state index < -0.39 is 0 Å². The fourth-order valence-corrected chi connectivity index (χ4v) is 1.63. The van der Waals surface area contributed by atoms with Gasteiger partial charge in [0.1, 0.15) is 10.8 Å². The Morgan fingerprint density at radius 3 is 2.76 bits per heavy atom. The Hall–Kier alpha value is -1.33. The average molecular weight is 316 g/mol. The molecule has 2 aromatic rings. The van der Waals surface area contributed by atoms with Crippen LogP contribution in [-0.4, -0.2) is 17.1 Å². The highest BCUT2D eigenvalue weighted by atomic mass is 79.9. The number of hydrogen-bond donors (Lipinski definition) is 0. The molecule has 88 valence electrons. The lowest BCUT2D eigenvalue weighted by atomic mass is 10.3. The van der Waals surface area contributed by atoms with Crippen LogP contribution in [0.25, 0.3) is 0 Å². The molecule has 0 aliphatic carbocycles. The molecule has 0 amide bonds. The van der Waals surface area contributed by atoms with Gasteiger partial charge in [-0.25, -0.2) is 4.98 Å². The Balaban J connectivity index is 2.32. The van der Waals surface area contributed by atoms with Gasteiger partial charge in [0.25, 0.3) is 0 Å². The highest BCUT2D eigenvalue weighted by molar-refractivity contribution is 9.10. The van der Waals surface area contributed by atoms with E-state index in [1.807, 2.05) is 18.2 Å². The molecule has 0 saturated heterocycles. The topological polar surface area (TPSA) is 44.2 Å². The van der Waals surface area contributed by atoms with Crippen molar-refractivity contribution in [2.24, 2.45) is 0 Å². The van der Waals surface area contributed by atoms with Gasteiger partial charge in [0.2, 0.25) is 5.88 Å². The Morgan fingerprint density at radius 2 is 2.06 bits per heavy atom. The molecule has 1 heterocycles. The van der Waals surface area contributed by atoms with Crippen LogP contribution in [0.3, 0.4) is 0 Å². The summed E-state index contributed by atoms with van der Waals surface area (Å²) < 4.78 is 11.3. The van der Waals surface area contributed by atoms with Crippen molar-refractivity contribution in [1.82, 2.24) is 9.97 Å². The molecule has 4 nitrogen and oxygen atoms in total. The summed E-state index contributed by atoms with van der Waals surface area (Å²) in [4.78, 5) is 7.88. The van der Waals surface area contributed by atoms with Gasteiger partial charge in [0, 0.05) is 0 Å². The molecule has 1 aromatic carbocycles. The van der Waals surface area contributed by atoms with Crippen LogP contribution in [-0.2, 0) is 0 Å². The third-order valence-electron chi connectivity index (χ3n) is 1.92. The summed E-state index contributed by atoms with van der Waals surface area (Å²) in [7, 11) is 1.48. The van der Waals surface area contributed by atoms with Crippen molar-refractivity contribution in [3.63, 3.8) is 0 Å². The highest BCUT2D eigenvalue weighted by Gasteiger charge is 2.09. The van der Waals surface area contributed by atoms with Crippen LogP contribution in [0.15, 0.2) is 34.9 Å². The molecule has 0 atom stereocenters. The van der Waals surface area contributed by atoms with Gasteiger partial charge in [-0.1, -0.05) is 23.7 Å². The Bertz CT molecular complexity index is 537. The van der Waals surface area contributed by atoms with Crippen LogP contribution in [0.2, 0.25) is 5.02 Å². The van der Waals surface area contributed by atoms with E-state index in [2.05, 4.69) is 25.9 Å². The molecule has 0 spiro atoms. The summed E-state index contributed by atoms with van der Waals surface area (Å²) in [5.74, 6) is 0.876. The van der Waals surface area contributed by atoms with Crippen LogP contribution in [0.5, 0.6) is 17.6 Å². The van der Waals surface area contributed by atoms with Crippen molar-refractivity contribution in [1.29, 1.82) is 0 Å². The van der Waals surface area contributed by atoms with Crippen LogP contribution < -0.4 is 9.47 Å². The molecule has 0 radical (unpaired) electrons. The minimum atomic E-state index is 0.205. The maximum atomic E-state index is 5.93. The molecule has 0 saturated carbocycles. The summed E-state index contributed by atoms with van der Waals surface area (Å²) in [6, 6.07) is 7.61. The maximum absolute atomic E-state index is 5.93. The predicted octanol–water partition coefficient (Wildman–Crippen LogP) is 3.69. The van der Waals surface area contributed by atoms with Crippen molar-refractivity contribution in [2.75, 3.05) is 7.11 Å². The first-order chi connectivity index (χ1) is 8.20. The molecule has 0 bridgehead atoms. The molecule has 0 aliphatic rings. The van der Waals surface area contributed by atoms with E-state index >= 15 is 0 Å². The van der Waals surface area contributed by atoms with Crippen molar-refractivity contribution in [2.45, 2.75) is 0 Å². The maximum Gasteiger partial charge on any atom is 0.319 e. The predicted molar refractivity (Wildman–Crippen MR) is 67.8 cm³/mol. The number of methoxy groups -OCH3 is 1. The first kappa shape index (κ1) is 12.1. The van der Waals surface area contributed by atoms with E-state index in [0.29, 0.717) is 10.8 Å². The second kappa shape index (κ2) is 5.33. The van der Waals surface area contributed by atoms with Gasteiger partial charge in [-0.15, -0.1) is 0 Å². The number of halogens is 2. The van der Waals surface area contributed by atoms with Gasteiger partial charge in [0.15, 0.2) is 0 Å². The first-order valence-corrected chi connectivity index (χ1v) is 5.86. The third kappa shape index (κ3) is 2.87. The van der Waals surface area contributed by atoms with Crippen LogP contribution in [0.1, 0.15) is 0 Å². The third-order valence-corrected chi connectivity index (χ3v) is 2.83. The molecule has 6 heteroatoms. The smallest absolute Gasteiger partial charge is 0.319 e. The lowest BCUT2D eigenvalue weighted by Crippen LogP contribution is -1.95. The van der Waals surface area contributed by atoms with E-state index in [9.17, 15) is 0 Å². The summed E-state index contributed by atoms with van der Waals surface area (Å²) in [5, 5.41) is 0.321.